The van der Waals surface area contributed by atoms with Gasteiger partial charge in [0.15, 0.2) is 0 Å². The third-order valence-electron chi connectivity index (χ3n) is 5.47. The summed E-state index contributed by atoms with van der Waals surface area (Å²) < 4.78 is 6.86. The Labute approximate surface area is 182 Å². The molecule has 3 rings (SSSR count). The zero-order valence-corrected chi connectivity index (χ0v) is 18.7. The number of methoxy groups -OCH3 is 1. The molecule has 0 aliphatic carbocycles. The zero-order valence-electron chi connectivity index (χ0n) is 17.2. The van der Waals surface area contributed by atoms with Crippen LogP contribution in [0.4, 0.5) is 5.69 Å². The van der Waals surface area contributed by atoms with E-state index in [4.69, 9.17) is 27.9 Å². The van der Waals surface area contributed by atoms with E-state index in [1.807, 2.05) is 14.0 Å². The molecule has 1 aliphatic heterocycles. The number of carbonyl (C=O) groups is 1. The number of anilines is 1. The number of rotatable bonds is 7. The van der Waals surface area contributed by atoms with Gasteiger partial charge in [-0.05, 0) is 56.8 Å². The highest BCUT2D eigenvalue weighted by molar-refractivity contribution is 6.32. The average molecular weight is 439 g/mol. The minimum absolute atomic E-state index is 0.00880. The summed E-state index contributed by atoms with van der Waals surface area (Å²) in [4.78, 5) is 14.8. The van der Waals surface area contributed by atoms with Gasteiger partial charge in [0, 0.05) is 37.8 Å². The molecule has 1 N–H and O–H groups in total. The Morgan fingerprint density at radius 1 is 1.38 bits per heavy atom. The standard InChI is InChI=1S/C21H28Cl2N4O2/c1-14-17(21(23)26(2)25-14)13-27-10-4-5-15(12-27)6-9-20(28)24-16-7-8-19(29-3)18(22)11-16/h7-8,11,15H,4-6,9-10,12-13H2,1-3H3,(H,24,28). The molecule has 0 bridgehead atoms. The van der Waals surface area contributed by atoms with Gasteiger partial charge in [0.05, 0.1) is 17.8 Å². The fraction of sp³-hybridized carbons (Fsp3) is 0.524. The molecule has 1 amide bonds. The first-order valence-electron chi connectivity index (χ1n) is 9.91. The van der Waals surface area contributed by atoms with Gasteiger partial charge in [0.25, 0.3) is 0 Å². The van der Waals surface area contributed by atoms with E-state index in [9.17, 15) is 4.79 Å². The molecule has 1 unspecified atom stereocenters. The Hall–Kier alpha value is -1.76. The number of amides is 1. The number of halogens is 2. The van der Waals surface area contributed by atoms with Crippen LogP contribution in [0.5, 0.6) is 5.75 Å². The van der Waals surface area contributed by atoms with Crippen molar-refractivity contribution in [3.05, 3.63) is 39.6 Å². The number of aromatic nitrogens is 2. The van der Waals surface area contributed by atoms with Crippen molar-refractivity contribution >= 4 is 34.8 Å². The van der Waals surface area contributed by atoms with E-state index in [1.165, 1.54) is 0 Å². The van der Waals surface area contributed by atoms with Gasteiger partial charge >= 0.3 is 0 Å². The fourth-order valence-corrected chi connectivity index (χ4v) is 4.40. The zero-order chi connectivity index (χ0) is 21.0. The number of hydrogen-bond acceptors (Lipinski definition) is 4. The molecule has 158 valence electrons. The molecule has 0 spiro atoms. The van der Waals surface area contributed by atoms with Crippen LogP contribution in [-0.4, -0.2) is 40.8 Å². The van der Waals surface area contributed by atoms with E-state index < -0.39 is 0 Å². The number of likely N-dealkylation sites (tertiary alicyclic amines) is 1. The molecule has 1 fully saturated rings. The molecule has 8 heteroatoms. The lowest BCUT2D eigenvalue weighted by Crippen LogP contribution is -2.35. The third-order valence-corrected chi connectivity index (χ3v) is 6.24. The van der Waals surface area contributed by atoms with E-state index in [0.717, 1.165) is 50.2 Å². The van der Waals surface area contributed by atoms with Crippen LogP contribution >= 0.6 is 23.2 Å². The first-order chi connectivity index (χ1) is 13.9. The lowest BCUT2D eigenvalue weighted by molar-refractivity contribution is -0.116. The Bertz CT molecular complexity index is 869. The lowest BCUT2D eigenvalue weighted by Gasteiger charge is -2.32. The van der Waals surface area contributed by atoms with Crippen molar-refractivity contribution in [1.29, 1.82) is 0 Å². The second-order valence-electron chi connectivity index (χ2n) is 7.66. The maximum atomic E-state index is 12.4. The van der Waals surface area contributed by atoms with Gasteiger partial charge in [0.1, 0.15) is 10.9 Å². The molecule has 6 nitrogen and oxygen atoms in total. The summed E-state index contributed by atoms with van der Waals surface area (Å²) >= 11 is 12.5. The molecule has 2 aromatic rings. The van der Waals surface area contributed by atoms with Crippen LogP contribution < -0.4 is 10.1 Å². The van der Waals surface area contributed by atoms with E-state index >= 15 is 0 Å². The summed E-state index contributed by atoms with van der Waals surface area (Å²) in [5.74, 6) is 1.11. The first kappa shape index (κ1) is 21.9. The summed E-state index contributed by atoms with van der Waals surface area (Å²) in [5, 5.41) is 8.51. The minimum atomic E-state index is 0.00880. The van der Waals surface area contributed by atoms with Gasteiger partial charge in [-0.15, -0.1) is 0 Å². The van der Waals surface area contributed by atoms with E-state index in [2.05, 4.69) is 15.3 Å². The first-order valence-corrected chi connectivity index (χ1v) is 10.7. The molecule has 29 heavy (non-hydrogen) atoms. The molecule has 1 atom stereocenters. The molecular weight excluding hydrogens is 411 g/mol. The smallest absolute Gasteiger partial charge is 0.224 e. The summed E-state index contributed by atoms with van der Waals surface area (Å²) in [6.45, 7) is 4.84. The molecular formula is C21H28Cl2N4O2. The Kier molecular flexibility index (Phi) is 7.44. The predicted octanol–water partition coefficient (Wildman–Crippen LogP) is 4.67. The van der Waals surface area contributed by atoms with Gasteiger partial charge < -0.3 is 10.1 Å². The number of nitrogens with zero attached hydrogens (tertiary/aromatic N) is 3. The minimum Gasteiger partial charge on any atom is -0.495 e. The van der Waals surface area contributed by atoms with Gasteiger partial charge in [0.2, 0.25) is 5.91 Å². The van der Waals surface area contributed by atoms with Crippen LogP contribution in [0.3, 0.4) is 0 Å². The highest BCUT2D eigenvalue weighted by Gasteiger charge is 2.23. The van der Waals surface area contributed by atoms with Gasteiger partial charge in [-0.2, -0.15) is 5.10 Å². The molecule has 0 radical (unpaired) electrons. The van der Waals surface area contributed by atoms with Crippen molar-refractivity contribution in [2.75, 3.05) is 25.5 Å². The SMILES string of the molecule is COc1ccc(NC(=O)CCC2CCCN(Cc3c(C)nn(C)c3Cl)C2)cc1Cl. The second-order valence-corrected chi connectivity index (χ2v) is 8.42. The number of carbonyl (C=O) groups excluding carboxylic acids is 1. The quantitative estimate of drug-likeness (QED) is 0.681. The average Bonchev–Trinajstić information content (AvgIpc) is 2.93. The summed E-state index contributed by atoms with van der Waals surface area (Å²) in [7, 11) is 3.43. The van der Waals surface area contributed by atoms with Crippen molar-refractivity contribution in [3.8, 4) is 5.75 Å². The highest BCUT2D eigenvalue weighted by Crippen LogP contribution is 2.28. The van der Waals surface area contributed by atoms with Crippen molar-refractivity contribution in [2.24, 2.45) is 13.0 Å². The lowest BCUT2D eigenvalue weighted by atomic mass is 9.93. The van der Waals surface area contributed by atoms with E-state index in [-0.39, 0.29) is 5.91 Å². The highest BCUT2D eigenvalue weighted by atomic mass is 35.5. The molecule has 2 heterocycles. The van der Waals surface area contributed by atoms with Crippen LogP contribution in [0.1, 0.15) is 36.9 Å². The van der Waals surface area contributed by atoms with Gasteiger partial charge in [-0.3, -0.25) is 14.4 Å². The van der Waals surface area contributed by atoms with Crippen molar-refractivity contribution in [3.63, 3.8) is 0 Å². The number of aryl methyl sites for hydroxylation is 2. The summed E-state index contributed by atoms with van der Waals surface area (Å²) in [6, 6.07) is 5.26. The monoisotopic (exact) mass is 438 g/mol. The van der Waals surface area contributed by atoms with Crippen molar-refractivity contribution < 1.29 is 9.53 Å². The molecule has 1 aromatic carbocycles. The molecule has 0 saturated carbocycles. The van der Waals surface area contributed by atoms with E-state index in [1.54, 1.807) is 30.0 Å². The number of nitrogens with one attached hydrogen (secondary N) is 1. The van der Waals surface area contributed by atoms with Crippen LogP contribution in [0.15, 0.2) is 18.2 Å². The second kappa shape index (κ2) is 9.83. The predicted molar refractivity (Wildman–Crippen MR) is 117 cm³/mol. The van der Waals surface area contributed by atoms with Crippen LogP contribution in [-0.2, 0) is 18.4 Å². The normalized spacial score (nSPS) is 17.3. The fourth-order valence-electron chi connectivity index (χ4n) is 3.91. The summed E-state index contributed by atoms with van der Waals surface area (Å²) in [5.41, 5.74) is 2.77. The Morgan fingerprint density at radius 3 is 2.83 bits per heavy atom. The van der Waals surface area contributed by atoms with Crippen LogP contribution in [0, 0.1) is 12.8 Å². The Morgan fingerprint density at radius 2 is 2.17 bits per heavy atom. The maximum absolute atomic E-state index is 12.4. The molecule has 1 aromatic heterocycles. The van der Waals surface area contributed by atoms with Crippen molar-refractivity contribution in [1.82, 2.24) is 14.7 Å². The summed E-state index contributed by atoms with van der Waals surface area (Å²) in [6.07, 6.45) is 3.65. The van der Waals surface area contributed by atoms with Crippen molar-refractivity contribution in [2.45, 2.75) is 39.2 Å². The molecule has 1 aliphatic rings. The number of benzene rings is 1. The Balaban J connectivity index is 1.49. The largest absolute Gasteiger partial charge is 0.495 e. The number of ether oxygens (including phenoxy) is 1. The molecule has 1 saturated heterocycles. The third kappa shape index (κ3) is 5.65. The maximum Gasteiger partial charge on any atom is 0.224 e. The van der Waals surface area contributed by atoms with Crippen LogP contribution in [0.25, 0.3) is 0 Å². The number of hydrogen-bond donors (Lipinski definition) is 1. The van der Waals surface area contributed by atoms with Gasteiger partial charge in [-0.25, -0.2) is 0 Å². The van der Waals surface area contributed by atoms with E-state index in [0.29, 0.717) is 34.0 Å². The topological polar surface area (TPSA) is 59.4 Å². The number of piperidine rings is 1. The van der Waals surface area contributed by atoms with Gasteiger partial charge in [-0.1, -0.05) is 23.2 Å². The van der Waals surface area contributed by atoms with Crippen LogP contribution in [0.2, 0.25) is 10.2 Å².